The molecule has 0 aromatic carbocycles. The van der Waals surface area contributed by atoms with Gasteiger partial charge in [-0.15, -0.1) is 11.3 Å². The van der Waals surface area contributed by atoms with Crippen molar-refractivity contribution in [1.82, 2.24) is 9.36 Å². The van der Waals surface area contributed by atoms with Crippen molar-refractivity contribution in [3.8, 4) is 0 Å². The summed E-state index contributed by atoms with van der Waals surface area (Å²) in [6.45, 7) is 2.43. The minimum atomic E-state index is -3.37. The first-order valence-corrected chi connectivity index (χ1v) is 8.46. The van der Waals surface area contributed by atoms with Crippen LogP contribution in [0.3, 0.4) is 0 Å². The van der Waals surface area contributed by atoms with E-state index in [2.05, 4.69) is 14.7 Å². The molecule has 2 aromatic heterocycles. The van der Waals surface area contributed by atoms with Gasteiger partial charge in [0.05, 0.1) is 11.6 Å². The van der Waals surface area contributed by atoms with Crippen molar-refractivity contribution in [1.29, 1.82) is 0 Å². The molecule has 2 rings (SSSR count). The van der Waals surface area contributed by atoms with E-state index >= 15 is 0 Å². The lowest BCUT2D eigenvalue weighted by atomic mass is 10.5. The summed E-state index contributed by atoms with van der Waals surface area (Å²) in [5, 5.41) is 4.48. The first kappa shape index (κ1) is 13.2. The number of nitrogens with one attached hydrogen (secondary N) is 1. The molecule has 0 aliphatic heterocycles. The largest absolute Gasteiger partial charge is 0.382 e. The van der Waals surface area contributed by atoms with E-state index in [1.807, 2.05) is 6.92 Å². The second kappa shape index (κ2) is 4.82. The average Bonchev–Trinajstić information content (AvgIpc) is 2.81. The van der Waals surface area contributed by atoms with Gasteiger partial charge in [-0.25, -0.2) is 13.4 Å². The molecule has 3 N–H and O–H groups in total. The fourth-order valence-electron chi connectivity index (χ4n) is 1.42. The summed E-state index contributed by atoms with van der Waals surface area (Å²) in [5.41, 5.74) is 5.57. The highest BCUT2D eigenvalue weighted by Gasteiger charge is 2.21. The van der Waals surface area contributed by atoms with Crippen LogP contribution in [-0.4, -0.2) is 24.0 Å². The van der Waals surface area contributed by atoms with Crippen LogP contribution in [0.25, 0.3) is 0 Å². The van der Waals surface area contributed by atoms with E-state index in [9.17, 15) is 8.42 Å². The predicted octanol–water partition coefficient (Wildman–Crippen LogP) is 1.51. The Morgan fingerprint density at radius 1 is 1.50 bits per heavy atom. The Morgan fingerprint density at radius 3 is 2.78 bits per heavy atom. The van der Waals surface area contributed by atoms with Crippen molar-refractivity contribution in [2.45, 2.75) is 18.4 Å². The molecule has 0 atom stereocenters. The quantitative estimate of drug-likeness (QED) is 0.888. The Balaban J connectivity index is 2.20. The van der Waals surface area contributed by atoms with E-state index in [0.29, 0.717) is 11.5 Å². The second-order valence-corrected chi connectivity index (χ2v) is 7.74. The highest BCUT2D eigenvalue weighted by Crippen LogP contribution is 2.31. The fraction of sp³-hybridized carbons (Fsp3) is 0.333. The zero-order valence-electron chi connectivity index (χ0n) is 9.80. The van der Waals surface area contributed by atoms with Crippen molar-refractivity contribution in [2.24, 2.45) is 0 Å². The predicted molar refractivity (Wildman–Crippen MR) is 73.8 cm³/mol. The molecule has 0 saturated heterocycles. The highest BCUT2D eigenvalue weighted by molar-refractivity contribution is 7.91. The summed E-state index contributed by atoms with van der Waals surface area (Å²) in [6.07, 6.45) is 2.88. The highest BCUT2D eigenvalue weighted by atomic mass is 32.2. The van der Waals surface area contributed by atoms with Gasteiger partial charge in [0.25, 0.3) is 0 Å². The van der Waals surface area contributed by atoms with Gasteiger partial charge < -0.3 is 11.1 Å². The lowest BCUT2D eigenvalue weighted by molar-refractivity contribution is 0.602. The number of nitrogens with two attached hydrogens (primary N) is 1. The zero-order valence-corrected chi connectivity index (χ0v) is 12.2. The molecular weight excluding hydrogens is 292 g/mol. The lowest BCUT2D eigenvalue weighted by Gasteiger charge is -2.03. The van der Waals surface area contributed by atoms with Crippen LogP contribution < -0.4 is 11.1 Å². The van der Waals surface area contributed by atoms with Crippen LogP contribution in [0.15, 0.2) is 11.1 Å². The average molecular weight is 304 g/mol. The number of hydrogen-bond donors (Lipinski definition) is 2. The van der Waals surface area contributed by atoms with E-state index in [4.69, 9.17) is 5.73 Å². The third-order valence-corrected chi connectivity index (χ3v) is 5.15. The number of anilines is 2. The molecule has 2 aromatic rings. The SMILES string of the molecule is Cc1ncc(CNc2snc(N)c2S(C)(=O)=O)s1. The number of nitrogen functional groups attached to an aromatic ring is 1. The molecule has 18 heavy (non-hydrogen) atoms. The van der Waals surface area contributed by atoms with Gasteiger partial charge in [0.1, 0.15) is 9.90 Å². The molecule has 0 saturated carbocycles. The van der Waals surface area contributed by atoms with Crippen molar-refractivity contribution in [3.63, 3.8) is 0 Å². The summed E-state index contributed by atoms with van der Waals surface area (Å²) in [4.78, 5) is 5.23. The van der Waals surface area contributed by atoms with E-state index < -0.39 is 9.84 Å². The topological polar surface area (TPSA) is 98.0 Å². The number of aromatic nitrogens is 2. The van der Waals surface area contributed by atoms with E-state index in [1.54, 1.807) is 17.5 Å². The standard InChI is InChI=1S/C9H12N4O2S3/c1-5-11-3-6(16-5)4-12-9-7(18(2,14)15)8(10)13-17-9/h3,12H,4H2,1-2H3,(H2,10,13). The van der Waals surface area contributed by atoms with Gasteiger partial charge in [0.2, 0.25) is 0 Å². The van der Waals surface area contributed by atoms with Crippen molar-refractivity contribution < 1.29 is 8.42 Å². The lowest BCUT2D eigenvalue weighted by Crippen LogP contribution is -2.05. The number of thiazole rings is 1. The molecule has 0 bridgehead atoms. The Kier molecular flexibility index (Phi) is 3.55. The summed E-state index contributed by atoms with van der Waals surface area (Å²) in [5.74, 6) is 0.0467. The molecule has 0 spiro atoms. The smallest absolute Gasteiger partial charge is 0.182 e. The summed E-state index contributed by atoms with van der Waals surface area (Å²) in [6, 6.07) is 0. The van der Waals surface area contributed by atoms with Gasteiger partial charge in [-0.1, -0.05) is 0 Å². The molecule has 0 radical (unpaired) electrons. The minimum absolute atomic E-state index is 0.0467. The van der Waals surface area contributed by atoms with Crippen LogP contribution in [0, 0.1) is 6.92 Å². The van der Waals surface area contributed by atoms with Crippen LogP contribution in [0.1, 0.15) is 9.88 Å². The van der Waals surface area contributed by atoms with Gasteiger partial charge in [0.15, 0.2) is 15.7 Å². The molecule has 2 heterocycles. The molecule has 0 aliphatic rings. The molecule has 9 heteroatoms. The number of hydrogen-bond acceptors (Lipinski definition) is 8. The van der Waals surface area contributed by atoms with Gasteiger partial charge in [-0.3, -0.25) is 0 Å². The van der Waals surface area contributed by atoms with Gasteiger partial charge in [0, 0.05) is 17.3 Å². The van der Waals surface area contributed by atoms with Crippen LogP contribution in [0.4, 0.5) is 10.8 Å². The van der Waals surface area contributed by atoms with E-state index in [0.717, 1.165) is 27.7 Å². The van der Waals surface area contributed by atoms with Crippen LogP contribution in [-0.2, 0) is 16.4 Å². The monoisotopic (exact) mass is 304 g/mol. The van der Waals surface area contributed by atoms with Gasteiger partial charge in [-0.2, -0.15) is 4.37 Å². The number of sulfone groups is 1. The Morgan fingerprint density at radius 2 is 2.22 bits per heavy atom. The van der Waals surface area contributed by atoms with E-state index in [-0.39, 0.29) is 10.7 Å². The third-order valence-electron chi connectivity index (χ3n) is 2.14. The molecule has 98 valence electrons. The molecule has 0 fully saturated rings. The maximum Gasteiger partial charge on any atom is 0.182 e. The van der Waals surface area contributed by atoms with Crippen molar-refractivity contribution >= 4 is 43.5 Å². The van der Waals surface area contributed by atoms with Gasteiger partial charge >= 0.3 is 0 Å². The molecule has 6 nitrogen and oxygen atoms in total. The Hall–Kier alpha value is -1.19. The third kappa shape index (κ3) is 2.79. The maximum atomic E-state index is 11.6. The van der Waals surface area contributed by atoms with Crippen LogP contribution in [0.5, 0.6) is 0 Å². The van der Waals surface area contributed by atoms with Crippen LogP contribution >= 0.6 is 22.9 Å². The van der Waals surface area contributed by atoms with Crippen LogP contribution in [0.2, 0.25) is 0 Å². The van der Waals surface area contributed by atoms with E-state index in [1.165, 1.54) is 0 Å². The molecule has 0 amide bonds. The molecule has 0 unspecified atom stereocenters. The number of aryl methyl sites for hydroxylation is 1. The molecule has 0 aliphatic carbocycles. The maximum absolute atomic E-state index is 11.6. The Bertz CT molecular complexity index is 659. The first-order valence-electron chi connectivity index (χ1n) is 4.98. The number of rotatable bonds is 4. The first-order chi connectivity index (χ1) is 8.38. The normalized spacial score (nSPS) is 11.7. The fourth-order valence-corrected chi connectivity index (χ4v) is 4.22. The Labute approximate surface area is 113 Å². The van der Waals surface area contributed by atoms with Crippen molar-refractivity contribution in [2.75, 3.05) is 17.3 Å². The summed E-state index contributed by atoms with van der Waals surface area (Å²) in [7, 11) is -3.37. The van der Waals surface area contributed by atoms with Crippen molar-refractivity contribution in [3.05, 3.63) is 16.1 Å². The zero-order chi connectivity index (χ0) is 13.3. The summed E-state index contributed by atoms with van der Waals surface area (Å²) >= 11 is 2.61. The minimum Gasteiger partial charge on any atom is -0.382 e. The molecular formula is C9H12N4O2S3. The summed E-state index contributed by atoms with van der Waals surface area (Å²) < 4.78 is 27.0. The second-order valence-electron chi connectivity index (χ2n) is 3.70. The number of nitrogens with zero attached hydrogens (tertiary/aromatic N) is 2. The van der Waals surface area contributed by atoms with Gasteiger partial charge in [-0.05, 0) is 18.5 Å².